The van der Waals surface area contributed by atoms with E-state index in [1.165, 1.54) is 0 Å². The second kappa shape index (κ2) is 6.84. The minimum absolute atomic E-state index is 0.00421. The molecule has 1 N–H and O–H groups in total. The van der Waals surface area contributed by atoms with Crippen LogP contribution in [0.15, 0.2) is 0 Å². The van der Waals surface area contributed by atoms with Gasteiger partial charge in [-0.15, -0.1) is 0 Å². The van der Waals surface area contributed by atoms with Crippen molar-refractivity contribution in [3.8, 4) is 0 Å². The standard InChI is InChI=1S/C17H30F3NOSi2/c1-10-12(3)15(21(23(6)7)24(8)9)13(4)11(2)14(10)16(5,22)17(18,19)20/h22-24H,1-9H3. The molecule has 24 heavy (non-hydrogen) atoms. The summed E-state index contributed by atoms with van der Waals surface area (Å²) in [7, 11) is -2.30. The summed E-state index contributed by atoms with van der Waals surface area (Å²) in [5.74, 6) is 0. The Morgan fingerprint density at radius 2 is 1.12 bits per heavy atom. The molecule has 0 bridgehead atoms. The van der Waals surface area contributed by atoms with Gasteiger partial charge >= 0.3 is 6.18 Å². The highest BCUT2D eigenvalue weighted by molar-refractivity contribution is 6.81. The van der Waals surface area contributed by atoms with Gasteiger partial charge in [-0.25, -0.2) is 0 Å². The summed E-state index contributed by atoms with van der Waals surface area (Å²) >= 11 is 0. The van der Waals surface area contributed by atoms with Crippen LogP contribution in [0, 0.1) is 27.7 Å². The van der Waals surface area contributed by atoms with Gasteiger partial charge in [0.2, 0.25) is 0 Å². The zero-order valence-electron chi connectivity index (χ0n) is 16.2. The highest BCUT2D eigenvalue weighted by Crippen LogP contribution is 2.45. The van der Waals surface area contributed by atoms with Crippen molar-refractivity contribution in [3.63, 3.8) is 0 Å². The molecular weight excluding hydrogens is 347 g/mol. The largest absolute Gasteiger partial charge is 0.429 e. The lowest BCUT2D eigenvalue weighted by Gasteiger charge is -2.39. The van der Waals surface area contributed by atoms with Crippen LogP contribution in [0.4, 0.5) is 18.9 Å². The van der Waals surface area contributed by atoms with E-state index in [1.54, 1.807) is 13.8 Å². The number of nitrogens with zero attached hydrogens (tertiary/aromatic N) is 1. The zero-order chi connectivity index (χ0) is 19.2. The molecule has 0 aliphatic heterocycles. The summed E-state index contributed by atoms with van der Waals surface area (Å²) in [5, 5.41) is 10.3. The molecule has 2 nitrogen and oxygen atoms in total. The van der Waals surface area contributed by atoms with Crippen LogP contribution in [-0.4, -0.2) is 29.2 Å². The number of hydrogen-bond donors (Lipinski definition) is 1. The number of benzene rings is 1. The molecule has 1 aromatic carbocycles. The minimum atomic E-state index is -4.71. The quantitative estimate of drug-likeness (QED) is 0.783. The summed E-state index contributed by atoms with van der Waals surface area (Å²) in [6.07, 6.45) is -4.71. The number of halogens is 3. The van der Waals surface area contributed by atoms with Crippen molar-refractivity contribution in [1.82, 2.24) is 0 Å². The average molecular weight is 378 g/mol. The zero-order valence-corrected chi connectivity index (χ0v) is 18.5. The van der Waals surface area contributed by atoms with E-state index >= 15 is 0 Å². The van der Waals surface area contributed by atoms with E-state index in [1.807, 2.05) is 13.8 Å². The second-order valence-electron chi connectivity index (χ2n) is 7.39. The summed E-state index contributed by atoms with van der Waals surface area (Å²) in [4.78, 5) is 0. The van der Waals surface area contributed by atoms with Crippen LogP contribution in [0.25, 0.3) is 0 Å². The molecule has 0 aliphatic carbocycles. The molecule has 0 saturated carbocycles. The molecule has 1 aromatic rings. The molecule has 138 valence electrons. The topological polar surface area (TPSA) is 23.5 Å². The number of alkyl halides is 3. The van der Waals surface area contributed by atoms with E-state index in [2.05, 4.69) is 30.4 Å². The Labute approximate surface area is 147 Å². The summed E-state index contributed by atoms with van der Waals surface area (Å²) in [6.45, 7) is 17.0. The van der Waals surface area contributed by atoms with Gasteiger partial charge < -0.3 is 9.34 Å². The van der Waals surface area contributed by atoms with Crippen LogP contribution >= 0.6 is 0 Å². The van der Waals surface area contributed by atoms with Gasteiger partial charge in [0.1, 0.15) is 17.9 Å². The highest BCUT2D eigenvalue weighted by Gasteiger charge is 2.53. The number of anilines is 1. The Balaban J connectivity index is 3.82. The third kappa shape index (κ3) is 3.43. The first-order chi connectivity index (χ1) is 10.7. The maximum Gasteiger partial charge on any atom is 0.421 e. The van der Waals surface area contributed by atoms with Gasteiger partial charge in [-0.1, -0.05) is 26.2 Å². The monoisotopic (exact) mass is 377 g/mol. The lowest BCUT2D eigenvalue weighted by Crippen LogP contribution is -2.45. The lowest BCUT2D eigenvalue weighted by molar-refractivity contribution is -0.259. The molecule has 0 radical (unpaired) electrons. The Morgan fingerprint density at radius 1 is 0.792 bits per heavy atom. The van der Waals surface area contributed by atoms with Crippen LogP contribution in [0.3, 0.4) is 0 Å². The fraction of sp³-hybridized carbons (Fsp3) is 0.647. The van der Waals surface area contributed by atoms with E-state index in [4.69, 9.17) is 0 Å². The second-order valence-corrected chi connectivity index (χ2v) is 13.5. The highest BCUT2D eigenvalue weighted by atomic mass is 28.3. The van der Waals surface area contributed by atoms with Crippen molar-refractivity contribution >= 4 is 23.6 Å². The third-order valence-electron chi connectivity index (χ3n) is 5.00. The molecule has 0 heterocycles. The molecule has 1 atom stereocenters. The van der Waals surface area contributed by atoms with Gasteiger partial charge in [0, 0.05) is 5.69 Å². The van der Waals surface area contributed by atoms with Crippen molar-refractivity contribution in [3.05, 3.63) is 27.8 Å². The predicted molar refractivity (Wildman–Crippen MR) is 101 cm³/mol. The Hall–Kier alpha value is -0.796. The normalized spacial score (nSPS) is 15.1. The van der Waals surface area contributed by atoms with Crippen molar-refractivity contribution < 1.29 is 18.3 Å². The predicted octanol–water partition coefficient (Wildman–Crippen LogP) is 4.46. The van der Waals surface area contributed by atoms with Crippen LogP contribution in [-0.2, 0) is 5.60 Å². The van der Waals surface area contributed by atoms with E-state index in [0.29, 0.717) is 11.1 Å². The third-order valence-corrected chi connectivity index (χ3v) is 11.3. The molecule has 0 amide bonds. The van der Waals surface area contributed by atoms with Gasteiger partial charge in [0.05, 0.1) is 0 Å². The lowest BCUT2D eigenvalue weighted by atomic mass is 9.82. The fourth-order valence-electron chi connectivity index (χ4n) is 3.66. The first-order valence-corrected chi connectivity index (χ1v) is 14.0. The SMILES string of the molecule is Cc1c(C)c(C(C)(O)C(F)(F)F)c(C)c(C)c1N([SiH](C)C)[SiH](C)C. The maximum absolute atomic E-state index is 13.4. The van der Waals surface area contributed by atoms with Crippen molar-refractivity contribution in [1.29, 1.82) is 0 Å². The molecule has 0 aromatic heterocycles. The van der Waals surface area contributed by atoms with Gasteiger partial charge in [-0.2, -0.15) is 13.2 Å². The molecule has 7 heteroatoms. The van der Waals surface area contributed by atoms with Gasteiger partial charge in [-0.3, -0.25) is 0 Å². The van der Waals surface area contributed by atoms with E-state index in [9.17, 15) is 18.3 Å². The molecule has 0 fully saturated rings. The summed E-state index contributed by atoms with van der Waals surface area (Å²) < 4.78 is 42.7. The molecule has 0 spiro atoms. The minimum Gasteiger partial charge on any atom is -0.429 e. The first kappa shape index (κ1) is 21.2. The average Bonchev–Trinajstić information content (AvgIpc) is 2.39. The number of aliphatic hydroxyl groups is 1. The fourth-order valence-corrected chi connectivity index (χ4v) is 10.2. The van der Waals surface area contributed by atoms with Crippen molar-refractivity contribution in [2.75, 3.05) is 4.23 Å². The number of rotatable bonds is 4. The summed E-state index contributed by atoms with van der Waals surface area (Å²) in [6, 6.07) is 0. The Morgan fingerprint density at radius 3 is 1.38 bits per heavy atom. The van der Waals surface area contributed by atoms with E-state index in [0.717, 1.165) is 23.7 Å². The van der Waals surface area contributed by atoms with Crippen LogP contribution < -0.4 is 4.23 Å². The van der Waals surface area contributed by atoms with Crippen molar-refractivity contribution in [2.45, 2.75) is 72.6 Å². The molecular formula is C17H30F3NOSi2. The van der Waals surface area contributed by atoms with E-state index in [-0.39, 0.29) is 5.56 Å². The molecule has 1 unspecified atom stereocenters. The Kier molecular flexibility index (Phi) is 6.06. The smallest absolute Gasteiger partial charge is 0.421 e. The maximum atomic E-state index is 13.4. The summed E-state index contributed by atoms with van der Waals surface area (Å²) in [5.41, 5.74) is 1.07. The molecule has 1 rings (SSSR count). The van der Waals surface area contributed by atoms with Gasteiger partial charge in [-0.05, 0) is 62.4 Å². The van der Waals surface area contributed by atoms with Crippen LogP contribution in [0.5, 0.6) is 0 Å². The van der Waals surface area contributed by atoms with Gasteiger partial charge in [0.25, 0.3) is 0 Å². The van der Waals surface area contributed by atoms with Crippen molar-refractivity contribution in [2.24, 2.45) is 0 Å². The van der Waals surface area contributed by atoms with E-state index < -0.39 is 29.7 Å². The van der Waals surface area contributed by atoms with Crippen LogP contribution in [0.1, 0.15) is 34.7 Å². The first-order valence-electron chi connectivity index (χ1n) is 8.34. The Bertz CT molecular complexity index is 588. The van der Waals surface area contributed by atoms with Gasteiger partial charge in [0.15, 0.2) is 5.60 Å². The van der Waals surface area contributed by atoms with Crippen LogP contribution in [0.2, 0.25) is 26.2 Å². The molecule has 0 aliphatic rings. The number of hydrogen-bond acceptors (Lipinski definition) is 2. The molecule has 0 saturated heterocycles.